The van der Waals surface area contributed by atoms with Crippen LogP contribution >= 0.6 is 11.6 Å². The zero-order valence-corrected chi connectivity index (χ0v) is 10.7. The summed E-state index contributed by atoms with van der Waals surface area (Å²) in [6.45, 7) is 0.719. The molecule has 1 aromatic heterocycles. The monoisotopic (exact) mass is 257 g/mol. The highest BCUT2D eigenvalue weighted by molar-refractivity contribution is 6.29. The molecular formula is C14H12ClN3. The standard InChI is InChI=1S/C14H12ClN3/c1-18(10-12-5-6-17-14(15)8-12)13-4-2-3-11(7-13)9-16/h2-8H,10H2,1H3. The zero-order valence-electron chi connectivity index (χ0n) is 9.97. The summed E-state index contributed by atoms with van der Waals surface area (Å²) < 4.78 is 0. The van der Waals surface area contributed by atoms with Crippen LogP contribution in [0.2, 0.25) is 5.15 Å². The molecule has 0 aliphatic carbocycles. The molecule has 0 unspecified atom stereocenters. The minimum atomic E-state index is 0.492. The lowest BCUT2D eigenvalue weighted by atomic mass is 10.2. The largest absolute Gasteiger partial charge is 0.370 e. The van der Waals surface area contributed by atoms with Crippen LogP contribution in [-0.4, -0.2) is 12.0 Å². The number of anilines is 1. The van der Waals surface area contributed by atoms with Crippen molar-refractivity contribution in [3.05, 3.63) is 58.9 Å². The minimum Gasteiger partial charge on any atom is -0.370 e. The van der Waals surface area contributed by atoms with Crippen LogP contribution in [0.4, 0.5) is 5.69 Å². The fourth-order valence-electron chi connectivity index (χ4n) is 1.72. The Hall–Kier alpha value is -2.05. The first kappa shape index (κ1) is 12.4. The highest BCUT2D eigenvalue weighted by atomic mass is 35.5. The summed E-state index contributed by atoms with van der Waals surface area (Å²) in [7, 11) is 1.98. The third-order valence-corrected chi connectivity index (χ3v) is 2.83. The SMILES string of the molecule is CN(Cc1ccnc(Cl)c1)c1cccc(C#N)c1. The van der Waals surface area contributed by atoms with Gasteiger partial charge in [-0.25, -0.2) is 4.98 Å². The van der Waals surface area contributed by atoms with Gasteiger partial charge in [-0.1, -0.05) is 17.7 Å². The van der Waals surface area contributed by atoms with Gasteiger partial charge in [0.15, 0.2) is 0 Å². The quantitative estimate of drug-likeness (QED) is 0.793. The Morgan fingerprint density at radius 2 is 2.17 bits per heavy atom. The zero-order chi connectivity index (χ0) is 13.0. The second-order valence-electron chi connectivity index (χ2n) is 4.01. The van der Waals surface area contributed by atoms with E-state index in [0.717, 1.165) is 17.8 Å². The summed E-state index contributed by atoms with van der Waals surface area (Å²) in [5.74, 6) is 0. The van der Waals surface area contributed by atoms with E-state index in [-0.39, 0.29) is 0 Å². The molecule has 0 saturated heterocycles. The maximum absolute atomic E-state index is 8.88. The molecule has 1 aromatic carbocycles. The van der Waals surface area contributed by atoms with Gasteiger partial charge in [0.2, 0.25) is 0 Å². The number of aromatic nitrogens is 1. The number of halogens is 1. The molecule has 0 amide bonds. The summed E-state index contributed by atoms with van der Waals surface area (Å²) in [6.07, 6.45) is 1.69. The number of hydrogen-bond donors (Lipinski definition) is 0. The van der Waals surface area contributed by atoms with E-state index in [4.69, 9.17) is 16.9 Å². The van der Waals surface area contributed by atoms with E-state index in [1.54, 1.807) is 12.3 Å². The van der Waals surface area contributed by atoms with Gasteiger partial charge >= 0.3 is 0 Å². The van der Waals surface area contributed by atoms with E-state index in [1.165, 1.54) is 0 Å². The van der Waals surface area contributed by atoms with Gasteiger partial charge in [0.1, 0.15) is 5.15 Å². The van der Waals surface area contributed by atoms with Crippen LogP contribution < -0.4 is 4.90 Å². The van der Waals surface area contributed by atoms with Gasteiger partial charge in [0.05, 0.1) is 11.6 Å². The summed E-state index contributed by atoms with van der Waals surface area (Å²) in [5.41, 5.74) is 2.74. The molecule has 18 heavy (non-hydrogen) atoms. The maximum Gasteiger partial charge on any atom is 0.129 e. The predicted octanol–water partition coefficient (Wildman–Crippen LogP) is 3.24. The smallest absolute Gasteiger partial charge is 0.129 e. The number of pyridine rings is 1. The van der Waals surface area contributed by atoms with Gasteiger partial charge in [-0.05, 0) is 35.9 Å². The fraction of sp³-hybridized carbons (Fsp3) is 0.143. The molecule has 0 spiro atoms. The van der Waals surface area contributed by atoms with Crippen molar-refractivity contribution < 1.29 is 0 Å². The normalized spacial score (nSPS) is 9.83. The van der Waals surface area contributed by atoms with E-state index in [9.17, 15) is 0 Å². The van der Waals surface area contributed by atoms with Gasteiger partial charge in [0.25, 0.3) is 0 Å². The first-order chi connectivity index (χ1) is 8.69. The molecule has 2 rings (SSSR count). The van der Waals surface area contributed by atoms with Gasteiger partial charge in [-0.15, -0.1) is 0 Å². The van der Waals surface area contributed by atoms with Gasteiger partial charge in [0, 0.05) is 25.5 Å². The molecule has 3 nitrogen and oxygen atoms in total. The summed E-state index contributed by atoms with van der Waals surface area (Å²) in [5, 5.41) is 9.37. The maximum atomic E-state index is 8.88. The lowest BCUT2D eigenvalue weighted by Gasteiger charge is -2.19. The Labute approximate surface area is 111 Å². The van der Waals surface area contributed by atoms with Crippen LogP contribution in [0.5, 0.6) is 0 Å². The highest BCUT2D eigenvalue weighted by Crippen LogP contribution is 2.17. The van der Waals surface area contributed by atoms with E-state index in [2.05, 4.69) is 16.0 Å². The van der Waals surface area contributed by atoms with Crippen molar-refractivity contribution in [2.45, 2.75) is 6.54 Å². The van der Waals surface area contributed by atoms with Crippen LogP contribution in [0, 0.1) is 11.3 Å². The molecule has 0 aliphatic heterocycles. The Kier molecular flexibility index (Phi) is 3.81. The van der Waals surface area contributed by atoms with Crippen molar-refractivity contribution in [3.63, 3.8) is 0 Å². The Balaban J connectivity index is 2.17. The number of benzene rings is 1. The van der Waals surface area contributed by atoms with Crippen molar-refractivity contribution in [1.29, 1.82) is 5.26 Å². The van der Waals surface area contributed by atoms with Crippen LogP contribution in [-0.2, 0) is 6.54 Å². The molecule has 90 valence electrons. The van der Waals surface area contributed by atoms with E-state index < -0.39 is 0 Å². The minimum absolute atomic E-state index is 0.492. The van der Waals surface area contributed by atoms with Crippen molar-refractivity contribution >= 4 is 17.3 Å². The Morgan fingerprint density at radius 3 is 2.89 bits per heavy atom. The molecule has 2 aromatic rings. The molecule has 0 fully saturated rings. The summed E-state index contributed by atoms with van der Waals surface area (Å²) >= 11 is 5.85. The number of nitriles is 1. The first-order valence-corrected chi connectivity index (χ1v) is 5.88. The van der Waals surface area contributed by atoms with E-state index in [0.29, 0.717) is 10.7 Å². The van der Waals surface area contributed by atoms with E-state index in [1.807, 2.05) is 37.4 Å². The van der Waals surface area contributed by atoms with Gasteiger partial charge < -0.3 is 4.90 Å². The second kappa shape index (κ2) is 5.52. The van der Waals surface area contributed by atoms with Crippen LogP contribution in [0.3, 0.4) is 0 Å². The molecule has 0 saturated carbocycles. The Bertz CT molecular complexity index is 590. The Morgan fingerprint density at radius 1 is 1.33 bits per heavy atom. The lowest BCUT2D eigenvalue weighted by molar-refractivity contribution is 0.919. The van der Waals surface area contributed by atoms with Crippen molar-refractivity contribution in [2.24, 2.45) is 0 Å². The molecule has 1 heterocycles. The topological polar surface area (TPSA) is 39.9 Å². The molecular weight excluding hydrogens is 246 g/mol. The lowest BCUT2D eigenvalue weighted by Crippen LogP contribution is -2.16. The number of rotatable bonds is 3. The fourth-order valence-corrected chi connectivity index (χ4v) is 1.92. The third-order valence-electron chi connectivity index (χ3n) is 2.63. The molecule has 0 atom stereocenters. The van der Waals surface area contributed by atoms with Crippen LogP contribution in [0.1, 0.15) is 11.1 Å². The van der Waals surface area contributed by atoms with Crippen molar-refractivity contribution in [1.82, 2.24) is 4.98 Å². The summed E-state index contributed by atoms with van der Waals surface area (Å²) in [6, 6.07) is 13.4. The summed E-state index contributed by atoms with van der Waals surface area (Å²) in [4.78, 5) is 6.01. The molecule has 0 bridgehead atoms. The first-order valence-electron chi connectivity index (χ1n) is 5.51. The van der Waals surface area contributed by atoms with Gasteiger partial charge in [-0.3, -0.25) is 0 Å². The molecule has 0 aliphatic rings. The van der Waals surface area contributed by atoms with Gasteiger partial charge in [-0.2, -0.15) is 5.26 Å². The number of nitrogens with zero attached hydrogens (tertiary/aromatic N) is 3. The second-order valence-corrected chi connectivity index (χ2v) is 4.39. The molecule has 0 radical (unpaired) electrons. The molecule has 4 heteroatoms. The third kappa shape index (κ3) is 2.99. The average molecular weight is 258 g/mol. The average Bonchev–Trinajstić information content (AvgIpc) is 2.39. The van der Waals surface area contributed by atoms with E-state index >= 15 is 0 Å². The van der Waals surface area contributed by atoms with Crippen LogP contribution in [0.15, 0.2) is 42.6 Å². The number of hydrogen-bond acceptors (Lipinski definition) is 3. The van der Waals surface area contributed by atoms with Crippen LogP contribution in [0.25, 0.3) is 0 Å². The highest BCUT2D eigenvalue weighted by Gasteiger charge is 2.03. The molecule has 0 N–H and O–H groups in total. The van der Waals surface area contributed by atoms with Crippen molar-refractivity contribution in [2.75, 3.05) is 11.9 Å². The van der Waals surface area contributed by atoms with Crippen molar-refractivity contribution in [3.8, 4) is 6.07 Å². The predicted molar refractivity (Wildman–Crippen MR) is 72.5 cm³/mol.